The monoisotopic (exact) mass is 252 g/mol. The Morgan fingerprint density at radius 2 is 2.05 bits per heavy atom. The van der Waals surface area contributed by atoms with Gasteiger partial charge in [0.2, 0.25) is 0 Å². The van der Waals surface area contributed by atoms with Gasteiger partial charge >= 0.3 is 0 Å². The number of para-hydroxylation sites is 1. The molecule has 0 amide bonds. The molecule has 0 saturated carbocycles. The number of pyridine rings is 1. The highest BCUT2D eigenvalue weighted by atomic mass is 15.2. The highest BCUT2D eigenvalue weighted by Gasteiger charge is 2.10. The molecule has 1 unspecified atom stereocenters. The van der Waals surface area contributed by atoms with E-state index in [2.05, 4.69) is 22.2 Å². The van der Waals surface area contributed by atoms with Crippen molar-refractivity contribution in [3.8, 4) is 0 Å². The number of nitrogens with zero attached hydrogens (tertiary/aromatic N) is 3. The number of nitrogens with two attached hydrogens (primary N) is 1. The third-order valence-corrected chi connectivity index (χ3v) is 3.21. The quantitative estimate of drug-likeness (QED) is 0.777. The molecule has 19 heavy (non-hydrogen) atoms. The first-order valence-electron chi connectivity index (χ1n) is 6.31. The Balaban J connectivity index is 1.86. The summed E-state index contributed by atoms with van der Waals surface area (Å²) in [4.78, 5) is 4.63. The number of aryl methyl sites for hydroxylation is 1. The van der Waals surface area contributed by atoms with Crippen molar-refractivity contribution in [3.63, 3.8) is 0 Å². The Bertz CT molecular complexity index is 702. The molecule has 4 heteroatoms. The lowest BCUT2D eigenvalue weighted by molar-refractivity contribution is 0.698. The molecule has 0 aliphatic heterocycles. The van der Waals surface area contributed by atoms with Gasteiger partial charge < -0.3 is 5.73 Å². The zero-order valence-electron chi connectivity index (χ0n) is 10.8. The Labute approximate surface area is 111 Å². The van der Waals surface area contributed by atoms with E-state index in [0.29, 0.717) is 0 Å². The molecule has 96 valence electrons. The molecule has 2 aromatic heterocycles. The lowest BCUT2D eigenvalue weighted by atomic mass is 10.1. The molecular formula is C15H16N4. The van der Waals surface area contributed by atoms with E-state index in [9.17, 15) is 0 Å². The van der Waals surface area contributed by atoms with Crippen LogP contribution in [0.1, 0.15) is 17.3 Å². The Hall–Kier alpha value is -2.20. The summed E-state index contributed by atoms with van der Waals surface area (Å²) in [6, 6.07) is 12.0. The Kier molecular flexibility index (Phi) is 3.01. The zero-order valence-corrected chi connectivity index (χ0v) is 10.8. The third kappa shape index (κ3) is 2.48. The van der Waals surface area contributed by atoms with Crippen LogP contribution in [0.3, 0.4) is 0 Å². The van der Waals surface area contributed by atoms with Crippen molar-refractivity contribution in [1.82, 2.24) is 14.8 Å². The van der Waals surface area contributed by atoms with Crippen LogP contribution in [-0.4, -0.2) is 14.8 Å². The average molecular weight is 252 g/mol. The van der Waals surface area contributed by atoms with Crippen LogP contribution in [0.2, 0.25) is 0 Å². The van der Waals surface area contributed by atoms with Gasteiger partial charge in [0.1, 0.15) is 0 Å². The van der Waals surface area contributed by atoms with Crippen molar-refractivity contribution in [3.05, 3.63) is 60.0 Å². The highest BCUT2D eigenvalue weighted by Crippen LogP contribution is 2.18. The molecule has 0 bridgehead atoms. The van der Waals surface area contributed by atoms with Crippen LogP contribution < -0.4 is 5.73 Å². The van der Waals surface area contributed by atoms with E-state index < -0.39 is 0 Å². The minimum absolute atomic E-state index is 0.103. The standard InChI is InChI=1S/C15H16N4/c1-19-10-11(9-17-19)8-13(16)15-7-6-12-4-2-3-5-14(12)18-15/h2-7,9-10,13H,8,16H2,1H3. The first-order chi connectivity index (χ1) is 9.22. The van der Waals surface area contributed by atoms with Gasteiger partial charge in [-0.2, -0.15) is 5.10 Å². The summed E-state index contributed by atoms with van der Waals surface area (Å²) in [6.07, 6.45) is 4.58. The van der Waals surface area contributed by atoms with Crippen LogP contribution in [0, 0.1) is 0 Å². The fourth-order valence-electron chi connectivity index (χ4n) is 2.22. The molecular weight excluding hydrogens is 236 g/mol. The van der Waals surface area contributed by atoms with E-state index in [0.717, 1.165) is 28.6 Å². The average Bonchev–Trinajstić information content (AvgIpc) is 2.83. The van der Waals surface area contributed by atoms with Gasteiger partial charge in [-0.05, 0) is 24.1 Å². The van der Waals surface area contributed by atoms with Crippen LogP contribution >= 0.6 is 0 Å². The van der Waals surface area contributed by atoms with E-state index in [1.807, 2.05) is 43.7 Å². The van der Waals surface area contributed by atoms with Crippen molar-refractivity contribution in [2.45, 2.75) is 12.5 Å². The topological polar surface area (TPSA) is 56.7 Å². The SMILES string of the molecule is Cn1cc(CC(N)c2ccc3ccccc3n2)cn1. The molecule has 0 aliphatic rings. The molecule has 0 saturated heterocycles. The normalized spacial score (nSPS) is 12.7. The van der Waals surface area contributed by atoms with Gasteiger partial charge in [0.25, 0.3) is 0 Å². The van der Waals surface area contributed by atoms with Gasteiger partial charge in [-0.25, -0.2) is 0 Å². The number of benzene rings is 1. The minimum Gasteiger partial charge on any atom is -0.322 e. The van der Waals surface area contributed by atoms with Crippen LogP contribution in [0.5, 0.6) is 0 Å². The second kappa shape index (κ2) is 4.82. The Morgan fingerprint density at radius 3 is 2.84 bits per heavy atom. The van der Waals surface area contributed by atoms with Crippen molar-refractivity contribution in [1.29, 1.82) is 0 Å². The summed E-state index contributed by atoms with van der Waals surface area (Å²) >= 11 is 0. The summed E-state index contributed by atoms with van der Waals surface area (Å²) in [5.74, 6) is 0. The summed E-state index contributed by atoms with van der Waals surface area (Å²) in [7, 11) is 1.91. The summed E-state index contributed by atoms with van der Waals surface area (Å²) in [5, 5.41) is 5.29. The third-order valence-electron chi connectivity index (χ3n) is 3.21. The van der Waals surface area contributed by atoms with Gasteiger partial charge in [0.15, 0.2) is 0 Å². The predicted molar refractivity (Wildman–Crippen MR) is 75.6 cm³/mol. The van der Waals surface area contributed by atoms with Gasteiger partial charge in [0, 0.05) is 18.6 Å². The number of hydrogen-bond donors (Lipinski definition) is 1. The maximum Gasteiger partial charge on any atom is 0.0706 e. The predicted octanol–water partition coefficient (Wildman–Crippen LogP) is 2.21. The summed E-state index contributed by atoms with van der Waals surface area (Å²) < 4.78 is 1.79. The smallest absolute Gasteiger partial charge is 0.0706 e. The largest absolute Gasteiger partial charge is 0.322 e. The summed E-state index contributed by atoms with van der Waals surface area (Å²) in [5.41, 5.74) is 9.26. The minimum atomic E-state index is -0.103. The van der Waals surface area contributed by atoms with Crippen molar-refractivity contribution < 1.29 is 0 Å². The van der Waals surface area contributed by atoms with Gasteiger partial charge in [-0.3, -0.25) is 9.67 Å². The molecule has 3 aromatic rings. The first kappa shape index (κ1) is 11.9. The number of hydrogen-bond acceptors (Lipinski definition) is 3. The van der Waals surface area contributed by atoms with E-state index in [1.165, 1.54) is 0 Å². The van der Waals surface area contributed by atoms with E-state index in [1.54, 1.807) is 4.68 Å². The molecule has 0 fully saturated rings. The molecule has 0 aliphatic carbocycles. The molecule has 1 atom stereocenters. The fraction of sp³-hybridized carbons (Fsp3) is 0.200. The lowest BCUT2D eigenvalue weighted by Crippen LogP contribution is -2.14. The van der Waals surface area contributed by atoms with E-state index >= 15 is 0 Å². The number of fused-ring (bicyclic) bond motifs is 1. The molecule has 1 aromatic carbocycles. The van der Waals surface area contributed by atoms with Crippen molar-refractivity contribution in [2.24, 2.45) is 12.8 Å². The number of rotatable bonds is 3. The molecule has 0 spiro atoms. The van der Waals surface area contributed by atoms with E-state index in [-0.39, 0.29) is 6.04 Å². The molecule has 3 rings (SSSR count). The van der Waals surface area contributed by atoms with Crippen LogP contribution in [0.15, 0.2) is 48.8 Å². The fourth-order valence-corrected chi connectivity index (χ4v) is 2.22. The molecule has 4 nitrogen and oxygen atoms in total. The first-order valence-corrected chi connectivity index (χ1v) is 6.31. The van der Waals surface area contributed by atoms with Gasteiger partial charge in [0.05, 0.1) is 23.4 Å². The van der Waals surface area contributed by atoms with Crippen LogP contribution in [0.25, 0.3) is 10.9 Å². The van der Waals surface area contributed by atoms with Crippen molar-refractivity contribution in [2.75, 3.05) is 0 Å². The maximum absolute atomic E-state index is 6.23. The van der Waals surface area contributed by atoms with Crippen LogP contribution in [-0.2, 0) is 13.5 Å². The molecule has 2 N–H and O–H groups in total. The molecule has 0 radical (unpaired) electrons. The van der Waals surface area contributed by atoms with Gasteiger partial charge in [-0.1, -0.05) is 24.3 Å². The van der Waals surface area contributed by atoms with Crippen LogP contribution in [0.4, 0.5) is 0 Å². The lowest BCUT2D eigenvalue weighted by Gasteiger charge is -2.10. The van der Waals surface area contributed by atoms with E-state index in [4.69, 9.17) is 5.73 Å². The number of aromatic nitrogens is 3. The molecule has 2 heterocycles. The maximum atomic E-state index is 6.23. The highest BCUT2D eigenvalue weighted by molar-refractivity contribution is 5.78. The summed E-state index contributed by atoms with van der Waals surface area (Å²) in [6.45, 7) is 0. The Morgan fingerprint density at radius 1 is 1.21 bits per heavy atom. The second-order valence-corrected chi connectivity index (χ2v) is 4.76. The second-order valence-electron chi connectivity index (χ2n) is 4.76. The van der Waals surface area contributed by atoms with Gasteiger partial charge in [-0.15, -0.1) is 0 Å². The zero-order chi connectivity index (χ0) is 13.2. The van der Waals surface area contributed by atoms with Crippen molar-refractivity contribution >= 4 is 10.9 Å².